The molecule has 3 heteroatoms. The van der Waals surface area contributed by atoms with Gasteiger partial charge in [-0.25, -0.2) is 0 Å². The van der Waals surface area contributed by atoms with Crippen LogP contribution in [0, 0.1) is 0 Å². The largest absolute Gasteiger partial charge is 0.329 e. The van der Waals surface area contributed by atoms with Crippen LogP contribution in [0.25, 0.3) is 0 Å². The number of rotatable bonds is 6. The van der Waals surface area contributed by atoms with Crippen LogP contribution in [0.5, 0.6) is 0 Å². The Morgan fingerprint density at radius 3 is 2.62 bits per heavy atom. The number of hydrogen-bond donors (Lipinski definition) is 1. The van der Waals surface area contributed by atoms with Crippen LogP contribution >= 0.6 is 0 Å². The maximum atomic E-state index is 6.10. The van der Waals surface area contributed by atoms with Gasteiger partial charge in [-0.1, -0.05) is 37.3 Å². The fourth-order valence-corrected chi connectivity index (χ4v) is 3.46. The Balaban J connectivity index is 1.96. The summed E-state index contributed by atoms with van der Waals surface area (Å²) in [4.78, 5) is 4.98. The third-order valence-corrected chi connectivity index (χ3v) is 4.94. The van der Waals surface area contributed by atoms with Gasteiger partial charge in [-0.15, -0.1) is 0 Å². The molecule has 0 bridgehead atoms. The van der Waals surface area contributed by atoms with Crippen LogP contribution in [-0.2, 0) is 0 Å². The molecule has 3 nitrogen and oxygen atoms in total. The van der Waals surface area contributed by atoms with Gasteiger partial charge in [0.1, 0.15) is 0 Å². The minimum atomic E-state index is 0.503. The molecule has 118 valence electrons. The number of nitrogens with two attached hydrogens (primary N) is 1. The monoisotopic (exact) mass is 289 g/mol. The highest BCUT2D eigenvalue weighted by Crippen LogP contribution is 2.24. The van der Waals surface area contributed by atoms with E-state index in [9.17, 15) is 0 Å². The first-order valence-electron chi connectivity index (χ1n) is 8.27. The Morgan fingerprint density at radius 2 is 2.00 bits per heavy atom. The summed E-state index contributed by atoms with van der Waals surface area (Å²) in [5.74, 6) is 0.569. The molecular formula is C18H31N3. The molecule has 1 saturated heterocycles. The van der Waals surface area contributed by atoms with Crippen LogP contribution in [-0.4, -0.2) is 55.6 Å². The van der Waals surface area contributed by atoms with E-state index in [0.717, 1.165) is 19.5 Å². The molecule has 21 heavy (non-hydrogen) atoms. The summed E-state index contributed by atoms with van der Waals surface area (Å²) in [6.07, 6.45) is 3.76. The summed E-state index contributed by atoms with van der Waals surface area (Å²) in [5, 5.41) is 0. The summed E-state index contributed by atoms with van der Waals surface area (Å²) < 4.78 is 0. The van der Waals surface area contributed by atoms with Crippen molar-refractivity contribution in [3.05, 3.63) is 35.9 Å². The molecule has 0 amide bonds. The van der Waals surface area contributed by atoms with E-state index in [4.69, 9.17) is 5.73 Å². The van der Waals surface area contributed by atoms with Gasteiger partial charge in [0.2, 0.25) is 0 Å². The van der Waals surface area contributed by atoms with Gasteiger partial charge in [0, 0.05) is 25.2 Å². The van der Waals surface area contributed by atoms with Crippen LogP contribution in [0.4, 0.5) is 0 Å². The molecule has 0 aromatic heterocycles. The van der Waals surface area contributed by atoms with Gasteiger partial charge in [0.05, 0.1) is 0 Å². The first-order valence-corrected chi connectivity index (χ1v) is 8.27. The minimum absolute atomic E-state index is 0.503. The normalized spacial score (nSPS) is 23.2. The second-order valence-electron chi connectivity index (χ2n) is 6.69. The van der Waals surface area contributed by atoms with Gasteiger partial charge in [-0.3, -0.25) is 4.90 Å². The van der Waals surface area contributed by atoms with Crippen molar-refractivity contribution < 1.29 is 0 Å². The molecule has 1 aliphatic rings. The third-order valence-electron chi connectivity index (χ3n) is 4.94. The molecule has 0 radical (unpaired) electrons. The summed E-state index contributed by atoms with van der Waals surface area (Å²) in [5.41, 5.74) is 7.52. The lowest BCUT2D eigenvalue weighted by Gasteiger charge is -2.41. The zero-order chi connectivity index (χ0) is 15.2. The van der Waals surface area contributed by atoms with E-state index in [0.29, 0.717) is 18.0 Å². The number of piperidine rings is 1. The van der Waals surface area contributed by atoms with E-state index in [1.165, 1.54) is 24.9 Å². The lowest BCUT2D eigenvalue weighted by Crippen LogP contribution is -2.51. The van der Waals surface area contributed by atoms with Crippen molar-refractivity contribution in [2.75, 3.05) is 33.7 Å². The minimum Gasteiger partial charge on any atom is -0.329 e. The second-order valence-corrected chi connectivity index (χ2v) is 6.69. The zero-order valence-electron chi connectivity index (χ0n) is 13.8. The summed E-state index contributed by atoms with van der Waals surface area (Å²) >= 11 is 0. The van der Waals surface area contributed by atoms with Crippen molar-refractivity contribution in [2.24, 2.45) is 5.73 Å². The van der Waals surface area contributed by atoms with Gasteiger partial charge in [0.25, 0.3) is 0 Å². The van der Waals surface area contributed by atoms with E-state index in [1.54, 1.807) is 0 Å². The molecule has 1 aromatic carbocycles. The summed E-state index contributed by atoms with van der Waals surface area (Å²) in [7, 11) is 4.39. The maximum absolute atomic E-state index is 6.10. The van der Waals surface area contributed by atoms with Gasteiger partial charge in [-0.2, -0.15) is 0 Å². The Labute approximate surface area is 130 Å². The summed E-state index contributed by atoms with van der Waals surface area (Å²) in [6.45, 7) is 5.45. The second kappa shape index (κ2) is 7.92. The van der Waals surface area contributed by atoms with Crippen LogP contribution < -0.4 is 5.73 Å². The van der Waals surface area contributed by atoms with Crippen molar-refractivity contribution in [1.29, 1.82) is 0 Å². The molecule has 1 fully saturated rings. The molecule has 1 heterocycles. The van der Waals surface area contributed by atoms with E-state index in [2.05, 4.69) is 61.2 Å². The number of likely N-dealkylation sites (N-methyl/N-ethyl adjacent to an activating group) is 1. The molecule has 0 aliphatic carbocycles. The van der Waals surface area contributed by atoms with E-state index >= 15 is 0 Å². The Bertz CT molecular complexity index is 404. The quantitative estimate of drug-likeness (QED) is 0.873. The van der Waals surface area contributed by atoms with Crippen molar-refractivity contribution in [2.45, 2.75) is 44.2 Å². The predicted octanol–water partition coefficient (Wildman–Crippen LogP) is 2.53. The SMILES string of the molecule is CC(CC(CN)N1CCCC(N(C)C)C1)c1ccccc1. The van der Waals surface area contributed by atoms with Gasteiger partial charge in [0.15, 0.2) is 0 Å². The highest BCUT2D eigenvalue weighted by Gasteiger charge is 2.27. The number of likely N-dealkylation sites (tertiary alicyclic amines) is 1. The Kier molecular flexibility index (Phi) is 6.22. The zero-order valence-corrected chi connectivity index (χ0v) is 13.8. The molecular weight excluding hydrogens is 258 g/mol. The van der Waals surface area contributed by atoms with Crippen molar-refractivity contribution in [3.8, 4) is 0 Å². The van der Waals surface area contributed by atoms with Crippen molar-refractivity contribution in [1.82, 2.24) is 9.80 Å². The predicted molar refractivity (Wildman–Crippen MR) is 90.6 cm³/mol. The average Bonchev–Trinajstić information content (AvgIpc) is 2.53. The first kappa shape index (κ1) is 16.5. The Morgan fingerprint density at radius 1 is 1.29 bits per heavy atom. The highest BCUT2D eigenvalue weighted by molar-refractivity contribution is 5.19. The van der Waals surface area contributed by atoms with Gasteiger partial charge < -0.3 is 10.6 Å². The lowest BCUT2D eigenvalue weighted by atomic mass is 9.92. The first-order chi connectivity index (χ1) is 10.1. The topological polar surface area (TPSA) is 32.5 Å². The van der Waals surface area contributed by atoms with E-state index in [1.807, 2.05) is 0 Å². The molecule has 2 N–H and O–H groups in total. The maximum Gasteiger partial charge on any atom is 0.0224 e. The smallest absolute Gasteiger partial charge is 0.0224 e. The van der Waals surface area contributed by atoms with Crippen LogP contribution in [0.1, 0.15) is 37.7 Å². The number of benzene rings is 1. The summed E-state index contributed by atoms with van der Waals surface area (Å²) in [6, 6.07) is 12.0. The lowest BCUT2D eigenvalue weighted by molar-refractivity contribution is 0.0923. The van der Waals surface area contributed by atoms with E-state index in [-0.39, 0.29) is 0 Å². The van der Waals surface area contributed by atoms with Gasteiger partial charge in [-0.05, 0) is 51.4 Å². The number of nitrogens with zero attached hydrogens (tertiary/aromatic N) is 2. The molecule has 2 rings (SSSR count). The molecule has 3 unspecified atom stereocenters. The van der Waals surface area contributed by atoms with Crippen LogP contribution in [0.3, 0.4) is 0 Å². The van der Waals surface area contributed by atoms with Crippen LogP contribution in [0.2, 0.25) is 0 Å². The molecule has 0 spiro atoms. The fraction of sp³-hybridized carbons (Fsp3) is 0.667. The molecule has 0 saturated carbocycles. The van der Waals surface area contributed by atoms with Crippen LogP contribution in [0.15, 0.2) is 30.3 Å². The van der Waals surface area contributed by atoms with Crippen molar-refractivity contribution >= 4 is 0 Å². The molecule has 1 aromatic rings. The number of hydrogen-bond acceptors (Lipinski definition) is 3. The standard InChI is InChI=1S/C18H31N3/c1-15(16-8-5-4-6-9-16)12-18(13-19)21-11-7-10-17(14-21)20(2)3/h4-6,8-9,15,17-18H,7,10-14,19H2,1-3H3. The molecule has 1 aliphatic heterocycles. The average molecular weight is 289 g/mol. The molecule has 3 atom stereocenters. The van der Waals surface area contributed by atoms with Crippen molar-refractivity contribution in [3.63, 3.8) is 0 Å². The Hall–Kier alpha value is -0.900. The third kappa shape index (κ3) is 4.53. The fourth-order valence-electron chi connectivity index (χ4n) is 3.46. The highest BCUT2D eigenvalue weighted by atomic mass is 15.2. The van der Waals surface area contributed by atoms with Gasteiger partial charge >= 0.3 is 0 Å². The van der Waals surface area contributed by atoms with E-state index < -0.39 is 0 Å².